The average Bonchev–Trinajstić information content (AvgIpc) is 2.97. The zero-order valence-corrected chi connectivity index (χ0v) is 23.4. The van der Waals surface area contributed by atoms with E-state index in [9.17, 15) is 9.59 Å². The van der Waals surface area contributed by atoms with E-state index in [0.29, 0.717) is 42.7 Å². The van der Waals surface area contributed by atoms with Gasteiger partial charge >= 0.3 is 11.3 Å². The number of carbonyl (C=O) groups is 2. The molecule has 2 amide bonds. The summed E-state index contributed by atoms with van der Waals surface area (Å²) >= 11 is 1.22. The van der Waals surface area contributed by atoms with Gasteiger partial charge in [-0.25, -0.2) is 9.80 Å². The second kappa shape index (κ2) is 14.8. The van der Waals surface area contributed by atoms with Crippen molar-refractivity contribution < 1.29 is 23.8 Å². The molecule has 0 bridgehead atoms. The number of anilines is 1. The molecule has 0 aromatic heterocycles. The Hall–Kier alpha value is -3.28. The summed E-state index contributed by atoms with van der Waals surface area (Å²) in [7, 11) is 1.61. The Balaban J connectivity index is 1.29. The maximum absolute atomic E-state index is 12.6. The maximum atomic E-state index is 12.6. The zero-order chi connectivity index (χ0) is 27.5. The van der Waals surface area contributed by atoms with Gasteiger partial charge in [-0.3, -0.25) is 10.1 Å². The summed E-state index contributed by atoms with van der Waals surface area (Å²) < 4.78 is 16.6. The van der Waals surface area contributed by atoms with Crippen molar-refractivity contribution in [2.45, 2.75) is 26.3 Å². The van der Waals surface area contributed by atoms with Crippen LogP contribution in [0.25, 0.3) is 0 Å². The number of thioether (sulfide) groups is 1. The summed E-state index contributed by atoms with van der Waals surface area (Å²) in [5.41, 5.74) is 3.21. The van der Waals surface area contributed by atoms with Crippen LogP contribution in [0.1, 0.15) is 30.9 Å². The second-order valence-electron chi connectivity index (χ2n) is 9.28. The normalized spacial score (nSPS) is 16.0. The number of amides is 2. The highest BCUT2D eigenvalue weighted by molar-refractivity contribution is 8.14. The lowest BCUT2D eigenvalue weighted by molar-refractivity contribution is 0.149. The van der Waals surface area contributed by atoms with E-state index in [1.165, 1.54) is 16.8 Å². The number of nitrogens with zero attached hydrogens (tertiary/aromatic N) is 3. The van der Waals surface area contributed by atoms with E-state index < -0.39 is 6.09 Å². The summed E-state index contributed by atoms with van der Waals surface area (Å²) in [6, 6.07) is 13.0. The third-order valence-electron chi connectivity index (χ3n) is 6.34. The van der Waals surface area contributed by atoms with Crippen molar-refractivity contribution >= 4 is 34.5 Å². The lowest BCUT2D eigenvalue weighted by Gasteiger charge is -2.26. The summed E-state index contributed by atoms with van der Waals surface area (Å²) in [6.45, 7) is 8.34. The van der Waals surface area contributed by atoms with Crippen LogP contribution in [0, 0.1) is 0 Å². The minimum Gasteiger partial charge on any atom is -0.493 e. The van der Waals surface area contributed by atoms with Crippen LogP contribution in [0.5, 0.6) is 11.5 Å². The monoisotopic (exact) mass is 555 g/mol. The Morgan fingerprint density at radius 2 is 1.90 bits per heavy atom. The molecular formula is C28H37N5O5S. The molecular weight excluding hydrogens is 518 g/mol. The summed E-state index contributed by atoms with van der Waals surface area (Å²) in [6.07, 6.45) is 1.22. The fraction of sp³-hybridized carbons (Fsp3) is 0.464. The second-order valence-corrected chi connectivity index (χ2v) is 10.2. The first-order chi connectivity index (χ1) is 19.1. The van der Waals surface area contributed by atoms with E-state index in [2.05, 4.69) is 20.6 Å². The predicted molar refractivity (Wildman–Crippen MR) is 154 cm³/mol. The molecule has 2 heterocycles. The molecule has 10 nitrogen and oxygen atoms in total. The average molecular weight is 556 g/mol. The molecule has 0 saturated carbocycles. The number of carbonyl (C=O) groups excluding carboxylic acids is 2. The van der Waals surface area contributed by atoms with Crippen molar-refractivity contribution in [3.05, 3.63) is 53.6 Å². The van der Waals surface area contributed by atoms with Crippen molar-refractivity contribution in [1.82, 2.24) is 15.2 Å². The molecule has 0 radical (unpaired) electrons. The van der Waals surface area contributed by atoms with Gasteiger partial charge in [0.1, 0.15) is 0 Å². The highest BCUT2D eigenvalue weighted by Crippen LogP contribution is 2.30. The first-order valence-corrected chi connectivity index (χ1v) is 14.3. The first-order valence-electron chi connectivity index (χ1n) is 13.3. The molecule has 2 N–H and O–H groups in total. The number of piperazine rings is 1. The van der Waals surface area contributed by atoms with Crippen LogP contribution in [-0.4, -0.2) is 85.8 Å². The van der Waals surface area contributed by atoms with Crippen molar-refractivity contribution in [3.63, 3.8) is 0 Å². The first kappa shape index (κ1) is 28.7. The quantitative estimate of drug-likeness (QED) is 0.372. The van der Waals surface area contributed by atoms with Crippen LogP contribution in [0.3, 0.4) is 0 Å². The molecule has 2 aliphatic heterocycles. The Bertz CT molecular complexity index is 1140. The molecule has 11 heteroatoms. The SMILES string of the molecule is CCCOc1cc(C2=NN(Cc3ccc(NC(=O)OCCCN4CCNCC4)cc3)C(=O)SC2)ccc1OC. The van der Waals surface area contributed by atoms with Crippen LogP contribution in [-0.2, 0) is 11.3 Å². The van der Waals surface area contributed by atoms with E-state index >= 15 is 0 Å². The van der Waals surface area contributed by atoms with Crippen LogP contribution in [0.4, 0.5) is 15.3 Å². The number of benzene rings is 2. The topological polar surface area (TPSA) is 105 Å². The molecule has 0 atom stereocenters. The standard InChI is InChI=1S/C28H37N5O5S/c1-3-16-37-26-18-22(7-10-25(26)36-2)24-20-39-28(35)33(31-24)19-21-5-8-23(9-6-21)30-27(34)38-17-4-13-32-14-11-29-12-15-32/h5-10,18,29H,3-4,11-17,19-20H2,1-2H3,(H,30,34). The third kappa shape index (κ3) is 8.61. The van der Waals surface area contributed by atoms with E-state index in [1.54, 1.807) is 19.2 Å². The van der Waals surface area contributed by atoms with E-state index in [0.717, 1.165) is 62.4 Å². The van der Waals surface area contributed by atoms with Crippen molar-refractivity contribution in [1.29, 1.82) is 0 Å². The number of hydrazone groups is 1. The number of ether oxygens (including phenoxy) is 3. The van der Waals surface area contributed by atoms with Crippen molar-refractivity contribution in [2.75, 3.05) is 64.1 Å². The van der Waals surface area contributed by atoms with Gasteiger partial charge in [0, 0.05) is 49.7 Å². The van der Waals surface area contributed by atoms with Crippen LogP contribution in [0.15, 0.2) is 47.6 Å². The Labute approximate surface area is 234 Å². The van der Waals surface area contributed by atoms with Gasteiger partial charge in [-0.15, -0.1) is 0 Å². The minimum absolute atomic E-state index is 0.110. The van der Waals surface area contributed by atoms with E-state index in [1.807, 2.05) is 37.3 Å². The van der Waals surface area contributed by atoms with Crippen molar-refractivity contribution in [3.8, 4) is 11.5 Å². The maximum Gasteiger partial charge on any atom is 0.411 e. The lowest BCUT2D eigenvalue weighted by atomic mass is 10.1. The summed E-state index contributed by atoms with van der Waals surface area (Å²) in [5.74, 6) is 1.81. The van der Waals surface area contributed by atoms with Gasteiger partial charge in [0.05, 0.1) is 32.6 Å². The van der Waals surface area contributed by atoms with Gasteiger partial charge in [0.15, 0.2) is 11.5 Å². The van der Waals surface area contributed by atoms with Crippen molar-refractivity contribution in [2.24, 2.45) is 5.10 Å². The number of hydrogen-bond acceptors (Lipinski definition) is 9. The largest absolute Gasteiger partial charge is 0.493 e. The molecule has 2 aliphatic rings. The lowest BCUT2D eigenvalue weighted by Crippen LogP contribution is -2.43. The number of methoxy groups -OCH3 is 1. The molecule has 0 aliphatic carbocycles. The molecule has 1 saturated heterocycles. The molecule has 0 spiro atoms. The van der Waals surface area contributed by atoms with Gasteiger partial charge in [0.2, 0.25) is 0 Å². The molecule has 1 fully saturated rings. The van der Waals surface area contributed by atoms with Crippen LogP contribution in [0.2, 0.25) is 0 Å². The number of rotatable bonds is 12. The molecule has 210 valence electrons. The highest BCUT2D eigenvalue weighted by Gasteiger charge is 2.23. The van der Waals surface area contributed by atoms with E-state index in [4.69, 9.17) is 14.2 Å². The highest BCUT2D eigenvalue weighted by atomic mass is 32.2. The molecule has 39 heavy (non-hydrogen) atoms. The van der Waals surface area contributed by atoms with Gasteiger partial charge < -0.3 is 24.4 Å². The Morgan fingerprint density at radius 1 is 1.10 bits per heavy atom. The van der Waals surface area contributed by atoms with E-state index in [-0.39, 0.29) is 5.24 Å². The molecule has 2 aromatic rings. The van der Waals surface area contributed by atoms with Gasteiger partial charge in [-0.1, -0.05) is 30.8 Å². The summed E-state index contributed by atoms with van der Waals surface area (Å²) in [5, 5.41) is 12.1. The molecule has 2 aromatic carbocycles. The Kier molecular flexibility index (Phi) is 10.9. The molecule has 4 rings (SSSR count). The van der Waals surface area contributed by atoms with Gasteiger partial charge in [-0.05, 0) is 48.7 Å². The zero-order valence-electron chi connectivity index (χ0n) is 22.6. The fourth-order valence-electron chi connectivity index (χ4n) is 4.25. The van der Waals surface area contributed by atoms with Gasteiger partial charge in [0.25, 0.3) is 0 Å². The molecule has 0 unspecified atom stereocenters. The van der Waals surface area contributed by atoms with Crippen LogP contribution >= 0.6 is 11.8 Å². The predicted octanol–water partition coefficient (Wildman–Crippen LogP) is 4.40. The summed E-state index contributed by atoms with van der Waals surface area (Å²) in [4.78, 5) is 27.1. The minimum atomic E-state index is -0.471. The van der Waals surface area contributed by atoms with Crippen LogP contribution < -0.4 is 20.1 Å². The third-order valence-corrected chi connectivity index (χ3v) is 7.21. The number of hydrogen-bond donors (Lipinski definition) is 2. The smallest absolute Gasteiger partial charge is 0.411 e. The fourth-order valence-corrected chi connectivity index (χ4v) is 4.99. The Morgan fingerprint density at radius 3 is 2.64 bits per heavy atom. The van der Waals surface area contributed by atoms with Gasteiger partial charge in [-0.2, -0.15) is 5.10 Å². The number of nitrogens with one attached hydrogen (secondary N) is 2.